The van der Waals surface area contributed by atoms with Gasteiger partial charge in [-0.25, -0.2) is 4.90 Å². The molecule has 1 aliphatic rings. The van der Waals surface area contributed by atoms with Gasteiger partial charge in [-0.05, 0) is 38.1 Å². The topological polar surface area (TPSA) is 80.8 Å². The van der Waals surface area contributed by atoms with Gasteiger partial charge in [0.25, 0.3) is 0 Å². The van der Waals surface area contributed by atoms with Crippen LogP contribution in [0.4, 0.5) is 5.69 Å². The van der Waals surface area contributed by atoms with Crippen molar-refractivity contribution in [3.8, 4) is 0 Å². The van der Waals surface area contributed by atoms with Gasteiger partial charge in [0, 0.05) is 12.0 Å². The molecule has 1 unspecified atom stereocenters. The quantitative estimate of drug-likeness (QED) is 0.448. The summed E-state index contributed by atoms with van der Waals surface area (Å²) in [6.07, 6.45) is 0.0529. The third-order valence-electron chi connectivity index (χ3n) is 3.34. The lowest BCUT2D eigenvalue weighted by molar-refractivity contribution is -0.139. The summed E-state index contributed by atoms with van der Waals surface area (Å²) in [6, 6.07) is 6.31. The Balaban J connectivity index is 2.06. The van der Waals surface area contributed by atoms with Gasteiger partial charge in [-0.3, -0.25) is 19.2 Å². The Labute approximate surface area is 138 Å². The number of benzene rings is 1. The van der Waals surface area contributed by atoms with E-state index in [0.29, 0.717) is 11.3 Å². The molecule has 0 spiro atoms. The molecular weight excluding hydrogens is 318 g/mol. The number of imide groups is 1. The number of ether oxygens (including phenoxy) is 1. The van der Waals surface area contributed by atoms with Crippen LogP contribution in [0, 0.1) is 0 Å². The Bertz CT molecular complexity index is 640. The highest BCUT2D eigenvalue weighted by molar-refractivity contribution is 8.01. The van der Waals surface area contributed by atoms with E-state index in [2.05, 4.69) is 0 Å². The molecule has 1 aromatic carbocycles. The minimum atomic E-state index is -0.584. The highest BCUT2D eigenvalue weighted by Crippen LogP contribution is 2.29. The van der Waals surface area contributed by atoms with Crippen molar-refractivity contribution in [3.05, 3.63) is 29.8 Å². The van der Waals surface area contributed by atoms with Crippen LogP contribution in [0.25, 0.3) is 0 Å². The Morgan fingerprint density at radius 2 is 1.91 bits per heavy atom. The molecule has 0 saturated carbocycles. The van der Waals surface area contributed by atoms with Crippen LogP contribution < -0.4 is 4.90 Å². The van der Waals surface area contributed by atoms with Gasteiger partial charge in [0.05, 0.1) is 23.3 Å². The van der Waals surface area contributed by atoms with Crippen molar-refractivity contribution in [2.75, 3.05) is 17.3 Å². The van der Waals surface area contributed by atoms with Crippen LogP contribution in [-0.4, -0.2) is 41.2 Å². The fourth-order valence-electron chi connectivity index (χ4n) is 2.22. The smallest absolute Gasteiger partial charge is 0.315 e. The van der Waals surface area contributed by atoms with Gasteiger partial charge in [-0.1, -0.05) is 0 Å². The number of carbonyl (C=O) groups excluding carboxylic acids is 4. The first kappa shape index (κ1) is 17.2. The number of hydrogen-bond donors (Lipinski definition) is 0. The van der Waals surface area contributed by atoms with Crippen molar-refractivity contribution in [2.45, 2.75) is 25.5 Å². The van der Waals surface area contributed by atoms with E-state index in [0.717, 1.165) is 16.7 Å². The Morgan fingerprint density at radius 3 is 2.48 bits per heavy atom. The standard InChI is InChI=1S/C16H17NO5S/c1-3-22-15(20)9-23-13-8-14(19)17(16(13)21)12-6-4-11(5-7-12)10(2)18/h4-7,13H,3,8-9H2,1-2H3. The minimum absolute atomic E-state index is 0.0364. The second-order valence-corrected chi connectivity index (χ2v) is 6.17. The molecule has 122 valence electrons. The summed E-state index contributed by atoms with van der Waals surface area (Å²) in [5.74, 6) is -1.11. The number of anilines is 1. The molecule has 0 radical (unpaired) electrons. The Hall–Kier alpha value is -2.15. The maximum Gasteiger partial charge on any atom is 0.315 e. The summed E-state index contributed by atoms with van der Waals surface area (Å²) < 4.78 is 4.81. The number of hydrogen-bond acceptors (Lipinski definition) is 6. The number of amides is 2. The number of nitrogens with zero attached hydrogens (tertiary/aromatic N) is 1. The van der Waals surface area contributed by atoms with E-state index >= 15 is 0 Å². The molecule has 1 saturated heterocycles. The average molecular weight is 335 g/mol. The van der Waals surface area contributed by atoms with Crippen LogP contribution in [0.15, 0.2) is 24.3 Å². The molecule has 2 rings (SSSR count). The second-order valence-electron chi connectivity index (χ2n) is 4.98. The van der Waals surface area contributed by atoms with E-state index in [1.807, 2.05) is 0 Å². The molecule has 6 nitrogen and oxygen atoms in total. The molecule has 7 heteroatoms. The highest BCUT2D eigenvalue weighted by atomic mass is 32.2. The summed E-state index contributed by atoms with van der Waals surface area (Å²) in [5.41, 5.74) is 0.949. The lowest BCUT2D eigenvalue weighted by atomic mass is 10.1. The van der Waals surface area contributed by atoms with Gasteiger partial charge in [0.15, 0.2) is 5.78 Å². The number of rotatable bonds is 6. The van der Waals surface area contributed by atoms with Crippen LogP contribution in [0.1, 0.15) is 30.6 Å². The third kappa shape index (κ3) is 3.98. The van der Waals surface area contributed by atoms with Gasteiger partial charge < -0.3 is 4.74 Å². The third-order valence-corrected chi connectivity index (χ3v) is 4.52. The number of carbonyl (C=O) groups is 4. The Kier molecular flexibility index (Phi) is 5.54. The molecule has 1 aliphatic heterocycles. The average Bonchev–Trinajstić information content (AvgIpc) is 2.80. The molecule has 0 bridgehead atoms. The Morgan fingerprint density at radius 1 is 1.26 bits per heavy atom. The first-order chi connectivity index (χ1) is 10.9. The number of Topliss-reactive ketones (excluding diaryl/α,β-unsaturated/α-hetero) is 1. The summed E-state index contributed by atoms with van der Waals surface area (Å²) >= 11 is 1.11. The fourth-order valence-corrected chi connectivity index (χ4v) is 3.15. The van der Waals surface area contributed by atoms with Crippen molar-refractivity contribution in [2.24, 2.45) is 0 Å². The van der Waals surface area contributed by atoms with E-state index in [9.17, 15) is 19.2 Å². The van der Waals surface area contributed by atoms with Gasteiger partial charge in [0.1, 0.15) is 0 Å². The van der Waals surface area contributed by atoms with Gasteiger partial charge in [-0.2, -0.15) is 0 Å². The predicted octanol–water partition coefficient (Wildman–Crippen LogP) is 1.82. The lowest BCUT2D eigenvalue weighted by Gasteiger charge is -2.15. The van der Waals surface area contributed by atoms with Gasteiger partial charge in [-0.15, -0.1) is 11.8 Å². The summed E-state index contributed by atoms with van der Waals surface area (Å²) in [7, 11) is 0. The normalized spacial score (nSPS) is 17.5. The van der Waals surface area contributed by atoms with Crippen molar-refractivity contribution in [1.82, 2.24) is 0 Å². The van der Waals surface area contributed by atoms with Crippen LogP contribution in [0.2, 0.25) is 0 Å². The molecule has 1 fully saturated rings. The zero-order valence-electron chi connectivity index (χ0n) is 12.9. The number of ketones is 1. The van der Waals surface area contributed by atoms with Crippen molar-refractivity contribution in [3.63, 3.8) is 0 Å². The maximum absolute atomic E-state index is 12.4. The largest absolute Gasteiger partial charge is 0.465 e. The van der Waals surface area contributed by atoms with Gasteiger partial charge in [0.2, 0.25) is 11.8 Å². The van der Waals surface area contributed by atoms with E-state index < -0.39 is 11.2 Å². The highest BCUT2D eigenvalue weighted by Gasteiger charge is 2.40. The fraction of sp³-hybridized carbons (Fsp3) is 0.375. The zero-order valence-corrected chi connectivity index (χ0v) is 13.7. The molecule has 0 aliphatic carbocycles. The minimum Gasteiger partial charge on any atom is -0.465 e. The molecule has 23 heavy (non-hydrogen) atoms. The number of esters is 1. The van der Waals surface area contributed by atoms with Crippen molar-refractivity contribution >= 4 is 41.0 Å². The molecule has 1 atom stereocenters. The number of thioether (sulfide) groups is 1. The van der Waals surface area contributed by atoms with Crippen LogP contribution >= 0.6 is 11.8 Å². The maximum atomic E-state index is 12.4. The first-order valence-electron chi connectivity index (χ1n) is 7.19. The van der Waals surface area contributed by atoms with E-state index in [-0.39, 0.29) is 36.4 Å². The van der Waals surface area contributed by atoms with E-state index in [4.69, 9.17) is 4.74 Å². The molecule has 1 aromatic rings. The van der Waals surface area contributed by atoms with E-state index in [1.54, 1.807) is 31.2 Å². The monoisotopic (exact) mass is 335 g/mol. The van der Waals surface area contributed by atoms with Crippen molar-refractivity contribution in [1.29, 1.82) is 0 Å². The molecule has 0 aromatic heterocycles. The lowest BCUT2D eigenvalue weighted by Crippen LogP contribution is -2.31. The molecular formula is C16H17NO5S. The predicted molar refractivity (Wildman–Crippen MR) is 86.4 cm³/mol. The van der Waals surface area contributed by atoms with Crippen LogP contribution in [0.5, 0.6) is 0 Å². The summed E-state index contributed by atoms with van der Waals surface area (Å²) in [5, 5.41) is -0.584. The first-order valence-corrected chi connectivity index (χ1v) is 8.24. The zero-order chi connectivity index (χ0) is 17.0. The molecule has 0 N–H and O–H groups in total. The van der Waals surface area contributed by atoms with Crippen molar-refractivity contribution < 1.29 is 23.9 Å². The SMILES string of the molecule is CCOC(=O)CSC1CC(=O)N(c2ccc(C(C)=O)cc2)C1=O. The van der Waals surface area contributed by atoms with Crippen LogP contribution in [0.3, 0.4) is 0 Å². The van der Waals surface area contributed by atoms with E-state index in [1.165, 1.54) is 6.92 Å². The summed E-state index contributed by atoms with van der Waals surface area (Å²) in [4.78, 5) is 48.2. The van der Waals surface area contributed by atoms with Gasteiger partial charge >= 0.3 is 5.97 Å². The second kappa shape index (κ2) is 7.41. The molecule has 1 heterocycles. The summed E-state index contributed by atoms with van der Waals surface area (Å²) in [6.45, 7) is 3.44. The van der Waals surface area contributed by atoms with Crippen LogP contribution in [-0.2, 0) is 19.1 Å². The molecule has 2 amide bonds.